The van der Waals surface area contributed by atoms with Crippen molar-refractivity contribution in [2.45, 2.75) is 32.1 Å². The average molecular weight is 212 g/mol. The van der Waals surface area contributed by atoms with E-state index in [4.69, 9.17) is 0 Å². The van der Waals surface area contributed by atoms with Gasteiger partial charge in [0.1, 0.15) is 5.75 Å². The Kier molecular flexibility index (Phi) is 2.13. The van der Waals surface area contributed by atoms with Crippen LogP contribution < -0.4 is 0 Å². The number of fused-ring (bicyclic) bond motifs is 1. The standard InChI is InChI=1S/C15H16O/c1-2-10-3-6-14-12(7-10)8-13(16)9-15(14)11-4-5-11/h3,6-9,11,16H,2,4-5H2,1H3. The SMILES string of the molecule is CCc1ccc2c(C3CC3)cc(O)cc2c1. The first-order valence-electron chi connectivity index (χ1n) is 6.03. The Bertz CT molecular complexity index is 538. The summed E-state index contributed by atoms with van der Waals surface area (Å²) in [6.45, 7) is 2.16. The summed E-state index contributed by atoms with van der Waals surface area (Å²) in [6, 6.07) is 10.4. The zero-order valence-corrected chi connectivity index (χ0v) is 9.53. The normalized spacial score (nSPS) is 15.6. The zero-order chi connectivity index (χ0) is 11.1. The molecule has 16 heavy (non-hydrogen) atoms. The van der Waals surface area contributed by atoms with Crippen molar-refractivity contribution in [1.82, 2.24) is 0 Å². The Morgan fingerprint density at radius 3 is 2.69 bits per heavy atom. The number of phenols is 1. The third-order valence-corrected chi connectivity index (χ3v) is 3.46. The van der Waals surface area contributed by atoms with Gasteiger partial charge in [-0.3, -0.25) is 0 Å². The highest BCUT2D eigenvalue weighted by molar-refractivity contribution is 5.88. The van der Waals surface area contributed by atoms with Gasteiger partial charge in [-0.05, 0) is 59.2 Å². The molecule has 0 bridgehead atoms. The number of benzene rings is 2. The molecule has 0 radical (unpaired) electrons. The van der Waals surface area contributed by atoms with Gasteiger partial charge in [0.25, 0.3) is 0 Å². The van der Waals surface area contributed by atoms with Gasteiger partial charge in [-0.25, -0.2) is 0 Å². The average Bonchev–Trinajstić information content (AvgIpc) is 3.10. The molecule has 1 aliphatic rings. The second-order valence-electron chi connectivity index (χ2n) is 4.72. The fourth-order valence-corrected chi connectivity index (χ4v) is 2.38. The van der Waals surface area contributed by atoms with Crippen LogP contribution >= 0.6 is 0 Å². The number of hydrogen-bond donors (Lipinski definition) is 1. The maximum Gasteiger partial charge on any atom is 0.116 e. The van der Waals surface area contributed by atoms with E-state index in [1.807, 2.05) is 12.1 Å². The van der Waals surface area contributed by atoms with E-state index in [-0.39, 0.29) is 0 Å². The highest BCUT2D eigenvalue weighted by Crippen LogP contribution is 2.44. The molecule has 1 nitrogen and oxygen atoms in total. The summed E-state index contributed by atoms with van der Waals surface area (Å²) < 4.78 is 0. The molecule has 0 amide bonds. The lowest BCUT2D eigenvalue weighted by molar-refractivity contribution is 0.475. The van der Waals surface area contributed by atoms with Crippen LogP contribution in [0.2, 0.25) is 0 Å². The Morgan fingerprint density at radius 2 is 2.00 bits per heavy atom. The maximum absolute atomic E-state index is 9.75. The van der Waals surface area contributed by atoms with E-state index in [9.17, 15) is 5.11 Å². The Balaban J connectivity index is 2.25. The molecule has 2 aromatic rings. The summed E-state index contributed by atoms with van der Waals surface area (Å²) in [6.07, 6.45) is 3.59. The minimum Gasteiger partial charge on any atom is -0.508 e. The monoisotopic (exact) mass is 212 g/mol. The molecule has 3 rings (SSSR count). The Labute approximate surface area is 95.7 Å². The second kappa shape index (κ2) is 3.51. The quantitative estimate of drug-likeness (QED) is 0.798. The number of hydrogen-bond acceptors (Lipinski definition) is 1. The van der Waals surface area contributed by atoms with Crippen LogP contribution in [0.3, 0.4) is 0 Å². The molecule has 0 saturated heterocycles. The first-order valence-corrected chi connectivity index (χ1v) is 6.03. The van der Waals surface area contributed by atoms with Gasteiger partial charge in [0.05, 0.1) is 0 Å². The van der Waals surface area contributed by atoms with Gasteiger partial charge in [0, 0.05) is 0 Å². The first kappa shape index (κ1) is 9.71. The number of aryl methyl sites for hydroxylation is 1. The van der Waals surface area contributed by atoms with Crippen molar-refractivity contribution in [2.75, 3.05) is 0 Å². The van der Waals surface area contributed by atoms with Crippen LogP contribution in [0.15, 0.2) is 30.3 Å². The van der Waals surface area contributed by atoms with Gasteiger partial charge in [-0.1, -0.05) is 25.1 Å². The van der Waals surface area contributed by atoms with Crippen LogP contribution in [0.5, 0.6) is 5.75 Å². The highest BCUT2D eigenvalue weighted by atomic mass is 16.3. The van der Waals surface area contributed by atoms with Crippen molar-refractivity contribution in [3.8, 4) is 5.75 Å². The van der Waals surface area contributed by atoms with E-state index in [0.717, 1.165) is 6.42 Å². The van der Waals surface area contributed by atoms with Gasteiger partial charge >= 0.3 is 0 Å². The minimum absolute atomic E-state index is 0.405. The van der Waals surface area contributed by atoms with E-state index < -0.39 is 0 Å². The van der Waals surface area contributed by atoms with Gasteiger partial charge in [0.15, 0.2) is 0 Å². The van der Waals surface area contributed by atoms with Crippen molar-refractivity contribution < 1.29 is 5.11 Å². The molecule has 0 aliphatic heterocycles. The van der Waals surface area contributed by atoms with Gasteiger partial charge < -0.3 is 5.11 Å². The van der Waals surface area contributed by atoms with Crippen LogP contribution in [0.1, 0.15) is 36.8 Å². The third kappa shape index (κ3) is 1.57. The lowest BCUT2D eigenvalue weighted by Gasteiger charge is -2.08. The summed E-state index contributed by atoms with van der Waals surface area (Å²) in [5.74, 6) is 1.09. The smallest absolute Gasteiger partial charge is 0.116 e. The molecule has 1 N–H and O–H groups in total. The summed E-state index contributed by atoms with van der Waals surface area (Å²) >= 11 is 0. The fraction of sp³-hybridized carbons (Fsp3) is 0.333. The lowest BCUT2D eigenvalue weighted by Crippen LogP contribution is -1.86. The summed E-state index contributed by atoms with van der Waals surface area (Å²) in [5, 5.41) is 12.3. The van der Waals surface area contributed by atoms with Crippen LogP contribution in [0.25, 0.3) is 10.8 Å². The molecule has 1 fully saturated rings. The molecule has 0 spiro atoms. The number of aromatic hydroxyl groups is 1. The second-order valence-corrected chi connectivity index (χ2v) is 4.72. The van der Waals surface area contributed by atoms with Crippen molar-refractivity contribution in [3.05, 3.63) is 41.5 Å². The van der Waals surface area contributed by atoms with Crippen molar-refractivity contribution in [2.24, 2.45) is 0 Å². The fourth-order valence-electron chi connectivity index (χ4n) is 2.38. The topological polar surface area (TPSA) is 20.2 Å². The molecule has 1 heteroatoms. The summed E-state index contributed by atoms with van der Waals surface area (Å²) in [4.78, 5) is 0. The van der Waals surface area contributed by atoms with E-state index in [2.05, 4.69) is 25.1 Å². The van der Waals surface area contributed by atoms with E-state index in [1.165, 1.54) is 34.7 Å². The summed E-state index contributed by atoms with van der Waals surface area (Å²) in [5.41, 5.74) is 2.66. The molecule has 0 unspecified atom stereocenters. The Morgan fingerprint density at radius 1 is 1.19 bits per heavy atom. The van der Waals surface area contributed by atoms with Gasteiger partial charge in [-0.15, -0.1) is 0 Å². The predicted molar refractivity (Wildman–Crippen MR) is 67.0 cm³/mol. The summed E-state index contributed by atoms with van der Waals surface area (Å²) in [7, 11) is 0. The molecule has 1 aliphatic carbocycles. The maximum atomic E-state index is 9.75. The van der Waals surface area contributed by atoms with Crippen molar-refractivity contribution >= 4 is 10.8 Å². The molecule has 0 aromatic heterocycles. The highest BCUT2D eigenvalue weighted by Gasteiger charge is 2.25. The lowest BCUT2D eigenvalue weighted by atomic mass is 9.98. The van der Waals surface area contributed by atoms with Crippen LogP contribution in [0.4, 0.5) is 0 Å². The third-order valence-electron chi connectivity index (χ3n) is 3.46. The molecular weight excluding hydrogens is 196 g/mol. The van der Waals surface area contributed by atoms with Crippen molar-refractivity contribution in [3.63, 3.8) is 0 Å². The molecular formula is C15H16O. The van der Waals surface area contributed by atoms with Gasteiger partial charge in [-0.2, -0.15) is 0 Å². The zero-order valence-electron chi connectivity index (χ0n) is 9.53. The van der Waals surface area contributed by atoms with Crippen LogP contribution in [-0.2, 0) is 6.42 Å². The molecule has 2 aromatic carbocycles. The minimum atomic E-state index is 0.405. The van der Waals surface area contributed by atoms with E-state index in [1.54, 1.807) is 0 Å². The van der Waals surface area contributed by atoms with Crippen LogP contribution in [-0.4, -0.2) is 5.11 Å². The molecule has 0 heterocycles. The molecule has 82 valence electrons. The van der Waals surface area contributed by atoms with Crippen LogP contribution in [0, 0.1) is 0 Å². The first-order chi connectivity index (χ1) is 7.78. The van der Waals surface area contributed by atoms with E-state index >= 15 is 0 Å². The number of phenolic OH excluding ortho intramolecular Hbond substituents is 1. The number of rotatable bonds is 2. The molecule has 0 atom stereocenters. The largest absolute Gasteiger partial charge is 0.508 e. The van der Waals surface area contributed by atoms with E-state index in [0.29, 0.717) is 11.7 Å². The Hall–Kier alpha value is -1.50. The van der Waals surface area contributed by atoms with Gasteiger partial charge in [0.2, 0.25) is 0 Å². The van der Waals surface area contributed by atoms with Crippen molar-refractivity contribution in [1.29, 1.82) is 0 Å². The predicted octanol–water partition coefficient (Wildman–Crippen LogP) is 3.99. The molecule has 1 saturated carbocycles.